The molecule has 0 bridgehead atoms. The highest BCUT2D eigenvalue weighted by atomic mass is 16.5. The van der Waals surface area contributed by atoms with Crippen molar-refractivity contribution in [2.75, 3.05) is 20.3 Å². The molecule has 0 aliphatic heterocycles. The van der Waals surface area contributed by atoms with Crippen LogP contribution in [0, 0.1) is 0 Å². The topological polar surface area (TPSA) is 55.6 Å². The fraction of sp³-hybridized carbons (Fsp3) is 0.917. The summed E-state index contributed by atoms with van der Waals surface area (Å²) in [7, 11) is 1.65. The lowest BCUT2D eigenvalue weighted by molar-refractivity contribution is -0.134. The van der Waals surface area contributed by atoms with Crippen LogP contribution in [0.1, 0.15) is 40.0 Å². The molecule has 2 N–H and O–H groups in total. The van der Waals surface area contributed by atoms with Crippen molar-refractivity contribution < 1.29 is 9.53 Å². The van der Waals surface area contributed by atoms with Gasteiger partial charge in [-0.15, -0.1) is 0 Å². The molecule has 2 atom stereocenters. The normalized spacial score (nSPS) is 14.6. The fourth-order valence-corrected chi connectivity index (χ4v) is 1.50. The standard InChI is InChI=1S/C12H26N2O2/c1-5-11(3)14(8-9-16-4)12(15)7-6-10(2)13/h10-11H,5-9,13H2,1-4H3. The van der Waals surface area contributed by atoms with E-state index in [9.17, 15) is 4.79 Å². The maximum atomic E-state index is 12.0. The van der Waals surface area contributed by atoms with Gasteiger partial charge in [0.2, 0.25) is 5.91 Å². The third-order valence-corrected chi connectivity index (χ3v) is 2.79. The molecule has 0 saturated heterocycles. The molecule has 0 fully saturated rings. The Balaban J connectivity index is 4.20. The second kappa shape index (κ2) is 8.53. The number of nitrogens with zero attached hydrogens (tertiary/aromatic N) is 1. The lowest BCUT2D eigenvalue weighted by Crippen LogP contribution is -2.40. The molecule has 0 spiro atoms. The van der Waals surface area contributed by atoms with Crippen molar-refractivity contribution in [2.24, 2.45) is 5.73 Å². The number of nitrogens with two attached hydrogens (primary N) is 1. The number of rotatable bonds is 8. The Labute approximate surface area is 99.1 Å². The Hall–Kier alpha value is -0.610. The Bertz CT molecular complexity index is 195. The Morgan fingerprint density at radius 3 is 2.50 bits per heavy atom. The largest absolute Gasteiger partial charge is 0.383 e. The number of carbonyl (C=O) groups excluding carboxylic acids is 1. The van der Waals surface area contributed by atoms with E-state index in [0.717, 1.165) is 12.8 Å². The Morgan fingerprint density at radius 1 is 1.44 bits per heavy atom. The van der Waals surface area contributed by atoms with Crippen molar-refractivity contribution in [3.05, 3.63) is 0 Å². The predicted octanol–water partition coefficient (Wildman–Crippen LogP) is 1.39. The summed E-state index contributed by atoms with van der Waals surface area (Å²) >= 11 is 0. The van der Waals surface area contributed by atoms with Crippen molar-refractivity contribution in [2.45, 2.75) is 52.1 Å². The van der Waals surface area contributed by atoms with Gasteiger partial charge in [-0.25, -0.2) is 0 Å². The van der Waals surface area contributed by atoms with Crippen LogP contribution in [-0.4, -0.2) is 43.2 Å². The van der Waals surface area contributed by atoms with E-state index in [2.05, 4.69) is 13.8 Å². The molecule has 0 saturated carbocycles. The molecule has 0 rings (SSSR count). The van der Waals surface area contributed by atoms with E-state index < -0.39 is 0 Å². The summed E-state index contributed by atoms with van der Waals surface area (Å²) in [6.07, 6.45) is 2.25. The van der Waals surface area contributed by atoms with Crippen molar-refractivity contribution >= 4 is 5.91 Å². The van der Waals surface area contributed by atoms with Gasteiger partial charge in [-0.2, -0.15) is 0 Å². The first-order valence-electron chi connectivity index (χ1n) is 6.06. The zero-order valence-electron chi connectivity index (χ0n) is 11.0. The smallest absolute Gasteiger partial charge is 0.222 e. The Morgan fingerprint density at radius 2 is 2.06 bits per heavy atom. The van der Waals surface area contributed by atoms with Gasteiger partial charge in [0.15, 0.2) is 0 Å². The first-order valence-corrected chi connectivity index (χ1v) is 6.06. The van der Waals surface area contributed by atoms with Crippen molar-refractivity contribution in [1.82, 2.24) is 4.90 Å². The number of methoxy groups -OCH3 is 1. The molecular weight excluding hydrogens is 204 g/mol. The van der Waals surface area contributed by atoms with E-state index in [4.69, 9.17) is 10.5 Å². The molecule has 0 aliphatic rings. The SMILES string of the molecule is CCC(C)N(CCOC)C(=O)CCC(C)N. The summed E-state index contributed by atoms with van der Waals surface area (Å²) in [5, 5.41) is 0. The van der Waals surface area contributed by atoms with Crippen LogP contribution in [0.25, 0.3) is 0 Å². The van der Waals surface area contributed by atoms with E-state index in [1.807, 2.05) is 11.8 Å². The van der Waals surface area contributed by atoms with Crippen LogP contribution in [0.15, 0.2) is 0 Å². The van der Waals surface area contributed by atoms with Crippen LogP contribution in [0.3, 0.4) is 0 Å². The van der Waals surface area contributed by atoms with Gasteiger partial charge in [0.05, 0.1) is 6.61 Å². The first kappa shape index (κ1) is 15.4. The number of hydrogen-bond acceptors (Lipinski definition) is 3. The number of ether oxygens (including phenoxy) is 1. The van der Waals surface area contributed by atoms with E-state index in [1.165, 1.54) is 0 Å². The van der Waals surface area contributed by atoms with E-state index in [0.29, 0.717) is 19.6 Å². The third kappa shape index (κ3) is 6.08. The highest BCUT2D eigenvalue weighted by molar-refractivity contribution is 5.76. The molecule has 0 aromatic heterocycles. The maximum absolute atomic E-state index is 12.0. The van der Waals surface area contributed by atoms with Crippen LogP contribution in [0.2, 0.25) is 0 Å². The summed E-state index contributed by atoms with van der Waals surface area (Å²) in [6, 6.07) is 0.362. The minimum Gasteiger partial charge on any atom is -0.383 e. The van der Waals surface area contributed by atoms with Crippen molar-refractivity contribution in [3.63, 3.8) is 0 Å². The van der Waals surface area contributed by atoms with E-state index >= 15 is 0 Å². The van der Waals surface area contributed by atoms with Gasteiger partial charge >= 0.3 is 0 Å². The molecule has 0 aromatic carbocycles. The van der Waals surface area contributed by atoms with Gasteiger partial charge in [0.25, 0.3) is 0 Å². The van der Waals surface area contributed by atoms with E-state index in [-0.39, 0.29) is 18.0 Å². The second-order valence-electron chi connectivity index (χ2n) is 4.35. The summed E-state index contributed by atoms with van der Waals surface area (Å²) in [4.78, 5) is 13.9. The molecular formula is C12H26N2O2. The molecule has 0 heterocycles. The van der Waals surface area contributed by atoms with Gasteiger partial charge < -0.3 is 15.4 Å². The summed E-state index contributed by atoms with van der Waals surface area (Å²) in [5.41, 5.74) is 5.65. The molecule has 1 amide bonds. The van der Waals surface area contributed by atoms with E-state index in [1.54, 1.807) is 7.11 Å². The van der Waals surface area contributed by atoms with Crippen LogP contribution < -0.4 is 5.73 Å². The number of carbonyl (C=O) groups is 1. The number of hydrogen-bond donors (Lipinski definition) is 1. The van der Waals surface area contributed by atoms with Gasteiger partial charge in [-0.1, -0.05) is 6.92 Å². The minimum absolute atomic E-state index is 0.0881. The van der Waals surface area contributed by atoms with Crippen molar-refractivity contribution in [3.8, 4) is 0 Å². The molecule has 2 unspecified atom stereocenters. The molecule has 4 nitrogen and oxygen atoms in total. The lowest BCUT2D eigenvalue weighted by atomic mass is 10.1. The molecule has 0 aromatic rings. The van der Waals surface area contributed by atoms with Gasteiger partial charge in [0, 0.05) is 32.2 Å². The lowest BCUT2D eigenvalue weighted by Gasteiger charge is -2.28. The summed E-state index contributed by atoms with van der Waals surface area (Å²) < 4.78 is 5.02. The van der Waals surface area contributed by atoms with Crippen molar-refractivity contribution in [1.29, 1.82) is 0 Å². The van der Waals surface area contributed by atoms with Crippen LogP contribution in [-0.2, 0) is 9.53 Å². The monoisotopic (exact) mass is 230 g/mol. The highest BCUT2D eigenvalue weighted by Crippen LogP contribution is 2.08. The molecule has 0 radical (unpaired) electrons. The van der Waals surface area contributed by atoms with Crippen LogP contribution in [0.5, 0.6) is 0 Å². The zero-order chi connectivity index (χ0) is 12.6. The van der Waals surface area contributed by atoms with Crippen LogP contribution in [0.4, 0.5) is 0 Å². The first-order chi connectivity index (χ1) is 7.52. The fourth-order valence-electron chi connectivity index (χ4n) is 1.50. The highest BCUT2D eigenvalue weighted by Gasteiger charge is 2.18. The zero-order valence-corrected chi connectivity index (χ0v) is 11.0. The predicted molar refractivity (Wildman–Crippen MR) is 66.2 cm³/mol. The molecule has 16 heavy (non-hydrogen) atoms. The van der Waals surface area contributed by atoms with Gasteiger partial charge in [-0.3, -0.25) is 4.79 Å². The quantitative estimate of drug-likeness (QED) is 0.685. The van der Waals surface area contributed by atoms with Gasteiger partial charge in [0.1, 0.15) is 0 Å². The second-order valence-corrected chi connectivity index (χ2v) is 4.35. The average molecular weight is 230 g/mol. The third-order valence-electron chi connectivity index (χ3n) is 2.79. The van der Waals surface area contributed by atoms with Gasteiger partial charge in [-0.05, 0) is 26.7 Å². The maximum Gasteiger partial charge on any atom is 0.222 e. The summed E-state index contributed by atoms with van der Waals surface area (Å²) in [5.74, 6) is 0.184. The average Bonchev–Trinajstić information content (AvgIpc) is 2.26. The van der Waals surface area contributed by atoms with Crippen LogP contribution >= 0.6 is 0 Å². The minimum atomic E-state index is 0.0881. The summed E-state index contributed by atoms with van der Waals surface area (Å²) in [6.45, 7) is 7.34. The molecule has 96 valence electrons. The Kier molecular flexibility index (Phi) is 8.21. The molecule has 0 aliphatic carbocycles. The number of amides is 1. The molecule has 4 heteroatoms.